The highest BCUT2D eigenvalue weighted by Gasteiger charge is 2.24. The van der Waals surface area contributed by atoms with Crippen LogP contribution in [0.15, 0.2) is 57.6 Å². The molecule has 2 aromatic carbocycles. The number of carbonyl (C=O) groups excluding carboxylic acids is 2. The lowest BCUT2D eigenvalue weighted by molar-refractivity contribution is -0.135. The molecule has 0 aromatic heterocycles. The zero-order valence-electron chi connectivity index (χ0n) is 14.1. The first-order valence-corrected chi connectivity index (χ1v) is 8.39. The van der Waals surface area contributed by atoms with E-state index in [2.05, 4.69) is 20.3 Å². The van der Waals surface area contributed by atoms with Gasteiger partial charge in [-0.3, -0.25) is 10.1 Å². The second-order valence-electron chi connectivity index (χ2n) is 5.14. The number of nitrogens with one attached hydrogen (secondary N) is 1. The molecule has 0 atom stereocenters. The Morgan fingerprint density at radius 2 is 1.92 bits per heavy atom. The molecule has 132 valence electrons. The predicted molar refractivity (Wildman–Crippen MR) is 101 cm³/mol. The molecule has 1 N–H and O–H groups in total. The van der Waals surface area contributed by atoms with E-state index in [0.29, 0.717) is 5.17 Å². The number of esters is 1. The fraction of sp³-hybridized carbons (Fsp3) is 0.111. The predicted octanol–water partition coefficient (Wildman–Crippen LogP) is 2.46. The first-order chi connectivity index (χ1) is 12.6. The summed E-state index contributed by atoms with van der Waals surface area (Å²) in [6, 6.07) is 11.5. The van der Waals surface area contributed by atoms with E-state index in [1.54, 1.807) is 13.3 Å². The third kappa shape index (κ3) is 3.75. The molecular formula is C18H15N3O4S. The largest absolute Gasteiger partial charge is 0.496 e. The van der Waals surface area contributed by atoms with Gasteiger partial charge in [0.2, 0.25) is 0 Å². The van der Waals surface area contributed by atoms with E-state index in [0.717, 1.165) is 39.9 Å². The second-order valence-corrected chi connectivity index (χ2v) is 6.17. The van der Waals surface area contributed by atoms with Gasteiger partial charge in [0, 0.05) is 17.0 Å². The Hall–Kier alpha value is -3.13. The van der Waals surface area contributed by atoms with Gasteiger partial charge in [-0.25, -0.2) is 4.79 Å². The molecule has 0 bridgehead atoms. The monoisotopic (exact) mass is 369 g/mol. The summed E-state index contributed by atoms with van der Waals surface area (Å²) in [6.45, 7) is 0. The number of amidine groups is 1. The van der Waals surface area contributed by atoms with E-state index in [9.17, 15) is 9.59 Å². The van der Waals surface area contributed by atoms with Crippen LogP contribution in [0.1, 0.15) is 5.56 Å². The Kier molecular flexibility index (Phi) is 5.33. The lowest BCUT2D eigenvalue weighted by Crippen LogP contribution is -2.19. The highest BCUT2D eigenvalue weighted by molar-refractivity contribution is 8.18. The van der Waals surface area contributed by atoms with E-state index < -0.39 is 11.9 Å². The van der Waals surface area contributed by atoms with Gasteiger partial charge in [-0.05, 0) is 29.3 Å². The van der Waals surface area contributed by atoms with Crippen molar-refractivity contribution in [2.45, 2.75) is 0 Å². The first-order valence-electron chi connectivity index (χ1n) is 7.58. The summed E-state index contributed by atoms with van der Waals surface area (Å²) in [5, 5.41) is 12.8. The van der Waals surface area contributed by atoms with Gasteiger partial charge in [0.25, 0.3) is 5.91 Å². The SMILES string of the molecule is COC(=O)/C=C1/S/C(=N\N=Cc2ccc(OC)c3ccccc23)NC1=O. The smallest absolute Gasteiger partial charge is 0.331 e. The van der Waals surface area contributed by atoms with Gasteiger partial charge >= 0.3 is 5.97 Å². The maximum Gasteiger partial charge on any atom is 0.331 e. The summed E-state index contributed by atoms with van der Waals surface area (Å²) < 4.78 is 9.87. The number of ether oxygens (including phenoxy) is 2. The van der Waals surface area contributed by atoms with E-state index in [4.69, 9.17) is 4.74 Å². The molecule has 1 fully saturated rings. The minimum atomic E-state index is -0.600. The van der Waals surface area contributed by atoms with Crippen molar-refractivity contribution in [3.63, 3.8) is 0 Å². The van der Waals surface area contributed by atoms with Crippen LogP contribution in [0.2, 0.25) is 0 Å². The molecule has 1 amide bonds. The van der Waals surface area contributed by atoms with Crippen molar-refractivity contribution in [3.05, 3.63) is 52.9 Å². The highest BCUT2D eigenvalue weighted by atomic mass is 32.2. The molecule has 8 heteroatoms. The third-order valence-corrected chi connectivity index (χ3v) is 4.48. The molecule has 1 heterocycles. The van der Waals surface area contributed by atoms with Crippen LogP contribution in [-0.4, -0.2) is 37.5 Å². The van der Waals surface area contributed by atoms with Crippen molar-refractivity contribution in [1.29, 1.82) is 0 Å². The minimum absolute atomic E-state index is 0.209. The summed E-state index contributed by atoms with van der Waals surface area (Å²) in [5.74, 6) is -0.235. The van der Waals surface area contributed by atoms with Crippen LogP contribution < -0.4 is 10.1 Å². The summed E-state index contributed by atoms with van der Waals surface area (Å²) >= 11 is 1.02. The molecule has 7 nitrogen and oxygen atoms in total. The van der Waals surface area contributed by atoms with Gasteiger partial charge in [0.1, 0.15) is 5.75 Å². The number of amides is 1. The van der Waals surface area contributed by atoms with Gasteiger partial charge in [-0.15, -0.1) is 5.10 Å². The summed E-state index contributed by atoms with van der Waals surface area (Å²) in [5.41, 5.74) is 0.866. The lowest BCUT2D eigenvalue weighted by atomic mass is 10.0. The maximum absolute atomic E-state index is 11.8. The molecule has 1 aliphatic rings. The Balaban J connectivity index is 1.83. The fourth-order valence-electron chi connectivity index (χ4n) is 2.37. The zero-order chi connectivity index (χ0) is 18.5. The minimum Gasteiger partial charge on any atom is -0.496 e. The molecule has 0 aliphatic carbocycles. The van der Waals surface area contributed by atoms with E-state index in [1.165, 1.54) is 7.11 Å². The van der Waals surface area contributed by atoms with Crippen LogP contribution in [0.4, 0.5) is 0 Å². The standard InChI is InChI=1S/C18H15N3O4S/c1-24-14-8-7-11(12-5-3-4-6-13(12)14)10-19-21-18-20-17(23)15(26-18)9-16(22)25-2/h3-10H,1-2H3,(H,20,21,23)/b15-9+,19-10?. The number of hydrogen-bond donors (Lipinski definition) is 1. The van der Waals surface area contributed by atoms with E-state index >= 15 is 0 Å². The molecule has 26 heavy (non-hydrogen) atoms. The van der Waals surface area contributed by atoms with Gasteiger partial charge < -0.3 is 9.47 Å². The number of benzene rings is 2. The van der Waals surface area contributed by atoms with Crippen LogP contribution in [-0.2, 0) is 14.3 Å². The lowest BCUT2D eigenvalue weighted by Gasteiger charge is -2.07. The van der Waals surface area contributed by atoms with Crippen molar-refractivity contribution in [3.8, 4) is 5.75 Å². The van der Waals surface area contributed by atoms with E-state index in [-0.39, 0.29) is 4.91 Å². The van der Waals surface area contributed by atoms with Crippen molar-refractivity contribution in [2.75, 3.05) is 14.2 Å². The number of hydrogen-bond acceptors (Lipinski definition) is 7. The number of rotatable bonds is 4. The molecule has 3 rings (SSSR count). The Morgan fingerprint density at radius 3 is 2.65 bits per heavy atom. The third-order valence-electron chi connectivity index (χ3n) is 3.58. The molecule has 1 saturated heterocycles. The quantitative estimate of drug-likeness (QED) is 0.387. The van der Waals surface area contributed by atoms with Crippen LogP contribution in [0.25, 0.3) is 10.8 Å². The summed E-state index contributed by atoms with van der Waals surface area (Å²) in [4.78, 5) is 23.2. The molecule has 0 unspecified atom stereocenters. The first kappa shape index (κ1) is 17.7. The average molecular weight is 369 g/mol. The number of thioether (sulfide) groups is 1. The van der Waals surface area contributed by atoms with Gasteiger partial charge in [-0.2, -0.15) is 5.10 Å². The van der Waals surface area contributed by atoms with Gasteiger partial charge in [-0.1, -0.05) is 24.3 Å². The Bertz CT molecular complexity index is 966. The Morgan fingerprint density at radius 1 is 1.15 bits per heavy atom. The zero-order valence-corrected chi connectivity index (χ0v) is 14.9. The van der Waals surface area contributed by atoms with Crippen molar-refractivity contribution < 1.29 is 19.1 Å². The number of nitrogens with zero attached hydrogens (tertiary/aromatic N) is 2. The average Bonchev–Trinajstić information content (AvgIpc) is 3.01. The van der Waals surface area contributed by atoms with Crippen molar-refractivity contribution >= 4 is 45.8 Å². The summed E-state index contributed by atoms with van der Waals surface area (Å²) in [7, 11) is 2.87. The molecule has 0 radical (unpaired) electrons. The summed E-state index contributed by atoms with van der Waals surface area (Å²) in [6.07, 6.45) is 2.71. The maximum atomic E-state index is 11.8. The second kappa shape index (κ2) is 7.83. The highest BCUT2D eigenvalue weighted by Crippen LogP contribution is 2.27. The van der Waals surface area contributed by atoms with Crippen LogP contribution in [0.5, 0.6) is 5.75 Å². The normalized spacial score (nSPS) is 17.2. The molecular weight excluding hydrogens is 354 g/mol. The van der Waals surface area contributed by atoms with Gasteiger partial charge in [0.05, 0.1) is 25.3 Å². The van der Waals surface area contributed by atoms with Crippen LogP contribution in [0, 0.1) is 0 Å². The number of methoxy groups -OCH3 is 2. The fourth-order valence-corrected chi connectivity index (χ4v) is 3.11. The Labute approximate surface area is 153 Å². The van der Waals surface area contributed by atoms with Crippen LogP contribution >= 0.6 is 11.8 Å². The topological polar surface area (TPSA) is 89.3 Å². The van der Waals surface area contributed by atoms with Crippen molar-refractivity contribution in [1.82, 2.24) is 5.32 Å². The number of fused-ring (bicyclic) bond motifs is 1. The van der Waals surface area contributed by atoms with E-state index in [1.807, 2.05) is 36.4 Å². The van der Waals surface area contributed by atoms with Crippen molar-refractivity contribution in [2.24, 2.45) is 10.2 Å². The van der Waals surface area contributed by atoms with Crippen LogP contribution in [0.3, 0.4) is 0 Å². The van der Waals surface area contributed by atoms with Gasteiger partial charge in [0.15, 0.2) is 5.17 Å². The molecule has 1 aliphatic heterocycles. The number of carbonyl (C=O) groups is 2. The molecule has 2 aromatic rings. The molecule has 0 spiro atoms. The molecule has 0 saturated carbocycles.